The van der Waals surface area contributed by atoms with Crippen LogP contribution in [0.4, 0.5) is 4.39 Å². The van der Waals surface area contributed by atoms with Crippen molar-refractivity contribution in [1.29, 1.82) is 0 Å². The van der Waals surface area contributed by atoms with Crippen LogP contribution in [0.5, 0.6) is 5.75 Å². The Morgan fingerprint density at radius 3 is 2.62 bits per heavy atom. The maximum atomic E-state index is 13.5. The van der Waals surface area contributed by atoms with E-state index >= 15 is 0 Å². The van der Waals surface area contributed by atoms with Crippen LogP contribution in [-0.4, -0.2) is 13.0 Å². The molecular formula is C15H12Cl2FNO2. The first kappa shape index (κ1) is 15.6. The van der Waals surface area contributed by atoms with E-state index in [4.69, 9.17) is 27.9 Å². The first-order valence-electron chi connectivity index (χ1n) is 6.07. The maximum Gasteiger partial charge on any atom is 0.251 e. The SMILES string of the molecule is COc1ccc(C(=O)NCc2ccc(Cl)cc2Cl)cc1F. The molecule has 0 fully saturated rings. The first-order valence-corrected chi connectivity index (χ1v) is 6.82. The molecule has 0 aliphatic carbocycles. The minimum absolute atomic E-state index is 0.0901. The Balaban J connectivity index is 2.06. The molecule has 1 N–H and O–H groups in total. The van der Waals surface area contributed by atoms with E-state index in [-0.39, 0.29) is 17.9 Å². The van der Waals surface area contributed by atoms with Crippen molar-refractivity contribution >= 4 is 29.1 Å². The number of halogens is 3. The Labute approximate surface area is 131 Å². The van der Waals surface area contributed by atoms with Crippen LogP contribution in [0, 0.1) is 5.82 Å². The lowest BCUT2D eigenvalue weighted by Crippen LogP contribution is -2.23. The zero-order valence-corrected chi connectivity index (χ0v) is 12.6. The summed E-state index contributed by atoms with van der Waals surface area (Å²) in [6.45, 7) is 0.225. The number of rotatable bonds is 4. The highest BCUT2D eigenvalue weighted by Gasteiger charge is 2.10. The predicted octanol–water partition coefficient (Wildman–Crippen LogP) is 4.07. The summed E-state index contributed by atoms with van der Waals surface area (Å²) in [6.07, 6.45) is 0. The van der Waals surface area contributed by atoms with Crippen molar-refractivity contribution < 1.29 is 13.9 Å². The van der Waals surface area contributed by atoms with Crippen LogP contribution >= 0.6 is 23.2 Å². The summed E-state index contributed by atoms with van der Waals surface area (Å²) in [5.41, 5.74) is 0.932. The topological polar surface area (TPSA) is 38.3 Å². The first-order chi connectivity index (χ1) is 10.0. The molecule has 6 heteroatoms. The van der Waals surface area contributed by atoms with E-state index < -0.39 is 11.7 Å². The second-order valence-corrected chi connectivity index (χ2v) is 5.11. The summed E-state index contributed by atoms with van der Waals surface area (Å²) in [5.74, 6) is -0.899. The number of benzene rings is 2. The Kier molecular flexibility index (Phi) is 5.04. The zero-order valence-electron chi connectivity index (χ0n) is 11.1. The van der Waals surface area contributed by atoms with Crippen LogP contribution in [0.15, 0.2) is 36.4 Å². The van der Waals surface area contributed by atoms with Crippen LogP contribution in [0.2, 0.25) is 10.0 Å². The Bertz CT molecular complexity index is 677. The van der Waals surface area contributed by atoms with Crippen LogP contribution in [0.1, 0.15) is 15.9 Å². The Morgan fingerprint density at radius 2 is 2.00 bits per heavy atom. The van der Waals surface area contributed by atoms with E-state index in [1.54, 1.807) is 18.2 Å². The third-order valence-electron chi connectivity index (χ3n) is 2.87. The van der Waals surface area contributed by atoms with Gasteiger partial charge in [-0.05, 0) is 35.9 Å². The van der Waals surface area contributed by atoms with Crippen molar-refractivity contribution in [2.75, 3.05) is 7.11 Å². The van der Waals surface area contributed by atoms with Gasteiger partial charge < -0.3 is 10.1 Å². The van der Waals surface area contributed by atoms with E-state index in [1.807, 2.05) is 0 Å². The largest absolute Gasteiger partial charge is 0.494 e. The van der Waals surface area contributed by atoms with Gasteiger partial charge in [0, 0.05) is 22.2 Å². The summed E-state index contributed by atoms with van der Waals surface area (Å²) >= 11 is 11.8. The zero-order chi connectivity index (χ0) is 15.4. The second kappa shape index (κ2) is 6.78. The number of carbonyl (C=O) groups is 1. The van der Waals surface area contributed by atoms with Gasteiger partial charge in [-0.25, -0.2) is 4.39 Å². The molecule has 2 aromatic carbocycles. The lowest BCUT2D eigenvalue weighted by Gasteiger charge is -2.08. The Hall–Kier alpha value is -1.78. The van der Waals surface area contributed by atoms with Crippen LogP contribution in [-0.2, 0) is 6.54 Å². The van der Waals surface area contributed by atoms with Crippen molar-refractivity contribution in [2.45, 2.75) is 6.54 Å². The average molecular weight is 328 g/mol. The molecule has 21 heavy (non-hydrogen) atoms. The van der Waals surface area contributed by atoms with E-state index in [0.717, 1.165) is 11.6 Å². The average Bonchev–Trinajstić information content (AvgIpc) is 2.46. The van der Waals surface area contributed by atoms with Crippen molar-refractivity contribution in [3.8, 4) is 5.75 Å². The molecule has 0 spiro atoms. The molecule has 110 valence electrons. The molecule has 0 saturated carbocycles. The van der Waals surface area contributed by atoms with Gasteiger partial charge in [-0.3, -0.25) is 4.79 Å². The van der Waals surface area contributed by atoms with Crippen molar-refractivity contribution in [1.82, 2.24) is 5.32 Å². The number of nitrogens with one attached hydrogen (secondary N) is 1. The van der Waals surface area contributed by atoms with E-state index in [2.05, 4.69) is 5.32 Å². The molecule has 0 atom stereocenters. The number of amides is 1. The number of ether oxygens (including phenoxy) is 1. The van der Waals surface area contributed by atoms with Crippen molar-refractivity contribution in [3.63, 3.8) is 0 Å². The van der Waals surface area contributed by atoms with Gasteiger partial charge in [0.05, 0.1) is 7.11 Å². The molecule has 2 rings (SSSR count). The molecule has 0 aromatic heterocycles. The van der Waals surface area contributed by atoms with Crippen molar-refractivity contribution in [2.24, 2.45) is 0 Å². The van der Waals surface area contributed by atoms with Gasteiger partial charge in [0.25, 0.3) is 5.91 Å². The molecule has 0 aliphatic heterocycles. The molecule has 0 bridgehead atoms. The number of carbonyl (C=O) groups excluding carboxylic acids is 1. The number of methoxy groups -OCH3 is 1. The normalized spacial score (nSPS) is 10.3. The molecule has 0 unspecified atom stereocenters. The highest BCUT2D eigenvalue weighted by Crippen LogP contribution is 2.21. The lowest BCUT2D eigenvalue weighted by atomic mass is 10.1. The summed E-state index contributed by atoms with van der Waals surface area (Å²) in [4.78, 5) is 12.0. The second-order valence-electron chi connectivity index (χ2n) is 4.27. The molecule has 0 aliphatic rings. The quantitative estimate of drug-likeness (QED) is 0.919. The Morgan fingerprint density at radius 1 is 1.24 bits per heavy atom. The fourth-order valence-corrected chi connectivity index (χ4v) is 2.23. The van der Waals surface area contributed by atoms with E-state index in [0.29, 0.717) is 10.0 Å². The van der Waals surface area contributed by atoms with Gasteiger partial charge in [-0.15, -0.1) is 0 Å². The van der Waals surface area contributed by atoms with Crippen LogP contribution in [0.25, 0.3) is 0 Å². The van der Waals surface area contributed by atoms with Crippen LogP contribution < -0.4 is 10.1 Å². The highest BCUT2D eigenvalue weighted by molar-refractivity contribution is 6.35. The molecule has 0 heterocycles. The van der Waals surface area contributed by atoms with Gasteiger partial charge in [-0.2, -0.15) is 0 Å². The summed E-state index contributed by atoms with van der Waals surface area (Å²) in [5, 5.41) is 3.65. The fraction of sp³-hybridized carbons (Fsp3) is 0.133. The molecule has 2 aromatic rings. The summed E-state index contributed by atoms with van der Waals surface area (Å²) < 4.78 is 18.3. The van der Waals surface area contributed by atoms with Crippen LogP contribution in [0.3, 0.4) is 0 Å². The van der Waals surface area contributed by atoms with Gasteiger partial charge in [-0.1, -0.05) is 29.3 Å². The maximum absolute atomic E-state index is 13.5. The van der Waals surface area contributed by atoms with E-state index in [1.165, 1.54) is 19.2 Å². The minimum Gasteiger partial charge on any atom is -0.494 e. The third kappa shape index (κ3) is 3.86. The lowest BCUT2D eigenvalue weighted by molar-refractivity contribution is 0.0950. The van der Waals surface area contributed by atoms with Gasteiger partial charge in [0.15, 0.2) is 11.6 Å². The number of hydrogen-bond donors (Lipinski definition) is 1. The van der Waals surface area contributed by atoms with Crippen molar-refractivity contribution in [3.05, 3.63) is 63.4 Å². The monoisotopic (exact) mass is 327 g/mol. The molecule has 1 amide bonds. The predicted molar refractivity (Wildman–Crippen MR) is 80.6 cm³/mol. The third-order valence-corrected chi connectivity index (χ3v) is 3.46. The summed E-state index contributed by atoms with van der Waals surface area (Å²) in [6, 6.07) is 9.01. The molecular weight excluding hydrogens is 316 g/mol. The minimum atomic E-state index is -0.588. The number of hydrogen-bond acceptors (Lipinski definition) is 2. The van der Waals surface area contributed by atoms with Gasteiger partial charge >= 0.3 is 0 Å². The smallest absolute Gasteiger partial charge is 0.251 e. The fourth-order valence-electron chi connectivity index (χ4n) is 1.75. The molecule has 3 nitrogen and oxygen atoms in total. The summed E-state index contributed by atoms with van der Waals surface area (Å²) in [7, 11) is 1.36. The van der Waals surface area contributed by atoms with Gasteiger partial charge in [0.2, 0.25) is 0 Å². The van der Waals surface area contributed by atoms with Gasteiger partial charge in [0.1, 0.15) is 0 Å². The molecule has 0 radical (unpaired) electrons. The molecule has 0 saturated heterocycles. The highest BCUT2D eigenvalue weighted by atomic mass is 35.5. The standard InChI is InChI=1S/C15H12Cl2FNO2/c1-21-14-5-3-9(6-13(14)18)15(20)19-8-10-2-4-11(16)7-12(10)17/h2-7H,8H2,1H3,(H,19,20). The van der Waals surface area contributed by atoms with E-state index in [9.17, 15) is 9.18 Å².